The van der Waals surface area contributed by atoms with Crippen LogP contribution >= 0.6 is 11.3 Å². The molecule has 0 bridgehead atoms. The lowest BCUT2D eigenvalue weighted by molar-refractivity contribution is -0.132. The van der Waals surface area contributed by atoms with E-state index in [1.54, 1.807) is 14.2 Å². The highest BCUT2D eigenvalue weighted by Gasteiger charge is 2.25. The van der Waals surface area contributed by atoms with Crippen LogP contribution in [0, 0.1) is 0 Å². The van der Waals surface area contributed by atoms with Crippen LogP contribution in [0.5, 0.6) is 16.7 Å². The molecule has 2 heterocycles. The Balaban J connectivity index is 1.31. The zero-order valence-electron chi connectivity index (χ0n) is 16.6. The molecule has 1 aliphatic rings. The second kappa shape index (κ2) is 8.69. The van der Waals surface area contributed by atoms with Gasteiger partial charge in [0.05, 0.1) is 30.9 Å². The highest BCUT2D eigenvalue weighted by atomic mass is 32.1. The molecule has 0 saturated carbocycles. The first-order valence-electron chi connectivity index (χ1n) is 9.66. The molecular weight excluding hydrogens is 388 g/mol. The summed E-state index contributed by atoms with van der Waals surface area (Å²) in [5.74, 6) is 1.73. The van der Waals surface area contributed by atoms with Crippen LogP contribution in [0.1, 0.15) is 18.4 Å². The lowest BCUT2D eigenvalue weighted by Crippen LogP contribution is -2.42. The molecule has 3 aromatic rings. The average Bonchev–Trinajstić information content (AvgIpc) is 3.15. The largest absolute Gasteiger partial charge is 0.497 e. The molecule has 0 atom stereocenters. The Morgan fingerprint density at radius 1 is 1.10 bits per heavy atom. The normalized spacial score (nSPS) is 14.8. The Morgan fingerprint density at radius 2 is 1.86 bits per heavy atom. The third-order valence-electron chi connectivity index (χ3n) is 5.13. The lowest BCUT2D eigenvalue weighted by Gasteiger charge is -2.31. The van der Waals surface area contributed by atoms with Crippen LogP contribution in [0.4, 0.5) is 0 Å². The van der Waals surface area contributed by atoms with Crippen molar-refractivity contribution in [3.8, 4) is 16.7 Å². The number of carbonyl (C=O) groups is 1. The van der Waals surface area contributed by atoms with E-state index >= 15 is 0 Å². The molecule has 7 heteroatoms. The fraction of sp³-hybridized carbons (Fsp3) is 0.364. The van der Waals surface area contributed by atoms with Crippen LogP contribution in [0.25, 0.3) is 10.2 Å². The molecule has 29 heavy (non-hydrogen) atoms. The number of nitrogens with zero attached hydrogens (tertiary/aromatic N) is 2. The zero-order valence-corrected chi connectivity index (χ0v) is 17.4. The Labute approximate surface area is 174 Å². The van der Waals surface area contributed by atoms with E-state index in [9.17, 15) is 4.79 Å². The van der Waals surface area contributed by atoms with Gasteiger partial charge in [-0.2, -0.15) is 0 Å². The number of hydrogen-bond acceptors (Lipinski definition) is 6. The SMILES string of the molecule is COc1cccc(CC(=O)N2CCC(Oc3nc4ccc(OC)cc4s3)CC2)c1. The maximum atomic E-state index is 12.6. The molecule has 6 nitrogen and oxygen atoms in total. The number of aromatic nitrogens is 1. The highest BCUT2D eigenvalue weighted by molar-refractivity contribution is 7.20. The van der Waals surface area contributed by atoms with Crippen LogP contribution in [0.3, 0.4) is 0 Å². The number of methoxy groups -OCH3 is 2. The van der Waals surface area contributed by atoms with E-state index in [0.29, 0.717) is 24.7 Å². The molecular formula is C22H24N2O4S. The van der Waals surface area contributed by atoms with Gasteiger partial charge in [0.25, 0.3) is 5.19 Å². The second-order valence-electron chi connectivity index (χ2n) is 7.04. The van der Waals surface area contributed by atoms with Crippen LogP contribution in [0.15, 0.2) is 42.5 Å². The van der Waals surface area contributed by atoms with Crippen molar-refractivity contribution in [1.29, 1.82) is 0 Å². The van der Waals surface area contributed by atoms with E-state index in [-0.39, 0.29) is 12.0 Å². The summed E-state index contributed by atoms with van der Waals surface area (Å²) in [7, 11) is 3.29. The molecule has 2 aromatic carbocycles. The number of piperidine rings is 1. The number of benzene rings is 2. The molecule has 1 amide bonds. The Morgan fingerprint density at radius 3 is 2.62 bits per heavy atom. The average molecular weight is 413 g/mol. The van der Waals surface area contributed by atoms with Crippen molar-refractivity contribution >= 4 is 27.5 Å². The van der Waals surface area contributed by atoms with Crippen LogP contribution in [-0.2, 0) is 11.2 Å². The Kier molecular flexibility index (Phi) is 5.85. The van der Waals surface area contributed by atoms with Crippen molar-refractivity contribution in [3.05, 3.63) is 48.0 Å². The number of likely N-dealkylation sites (tertiary alicyclic amines) is 1. The van der Waals surface area contributed by atoms with E-state index < -0.39 is 0 Å². The van der Waals surface area contributed by atoms with Gasteiger partial charge in [-0.25, -0.2) is 4.98 Å². The second-order valence-corrected chi connectivity index (χ2v) is 8.03. The van der Waals surface area contributed by atoms with Gasteiger partial charge >= 0.3 is 0 Å². The summed E-state index contributed by atoms with van der Waals surface area (Å²) >= 11 is 1.53. The fourth-order valence-electron chi connectivity index (χ4n) is 3.50. The van der Waals surface area contributed by atoms with Gasteiger partial charge in [0.15, 0.2) is 0 Å². The van der Waals surface area contributed by atoms with Gasteiger partial charge < -0.3 is 19.1 Å². The summed E-state index contributed by atoms with van der Waals surface area (Å²) in [5, 5.41) is 0.675. The molecule has 1 fully saturated rings. The molecule has 0 aliphatic carbocycles. The first-order chi connectivity index (χ1) is 14.1. The van der Waals surface area contributed by atoms with Crippen molar-refractivity contribution in [3.63, 3.8) is 0 Å². The smallest absolute Gasteiger partial charge is 0.274 e. The van der Waals surface area contributed by atoms with E-state index in [4.69, 9.17) is 14.2 Å². The molecule has 0 spiro atoms. The molecule has 0 radical (unpaired) electrons. The number of fused-ring (bicyclic) bond motifs is 1. The van der Waals surface area contributed by atoms with Gasteiger partial charge in [-0.1, -0.05) is 23.5 Å². The minimum atomic E-state index is 0.0818. The number of amides is 1. The van der Waals surface area contributed by atoms with E-state index in [0.717, 1.165) is 40.1 Å². The molecule has 0 unspecified atom stereocenters. The Bertz CT molecular complexity index is 995. The number of thiazole rings is 1. The van der Waals surface area contributed by atoms with Crippen LogP contribution in [0.2, 0.25) is 0 Å². The fourth-order valence-corrected chi connectivity index (χ4v) is 4.41. The van der Waals surface area contributed by atoms with Crippen molar-refractivity contribution in [2.24, 2.45) is 0 Å². The molecule has 1 saturated heterocycles. The summed E-state index contributed by atoms with van der Waals surface area (Å²) in [6, 6.07) is 13.5. The zero-order chi connectivity index (χ0) is 20.2. The maximum Gasteiger partial charge on any atom is 0.274 e. The molecule has 0 N–H and O–H groups in total. The Hall–Kier alpha value is -2.80. The quantitative estimate of drug-likeness (QED) is 0.614. The summed E-state index contributed by atoms with van der Waals surface area (Å²) in [5.41, 5.74) is 1.88. The lowest BCUT2D eigenvalue weighted by atomic mass is 10.1. The first kappa shape index (κ1) is 19.5. The summed E-state index contributed by atoms with van der Waals surface area (Å²) < 4.78 is 17.6. The third-order valence-corrected chi connectivity index (χ3v) is 6.04. The maximum absolute atomic E-state index is 12.6. The predicted molar refractivity (Wildman–Crippen MR) is 113 cm³/mol. The van der Waals surface area contributed by atoms with Gasteiger partial charge in [-0.05, 0) is 35.9 Å². The van der Waals surface area contributed by atoms with Crippen LogP contribution < -0.4 is 14.2 Å². The number of carbonyl (C=O) groups excluding carboxylic acids is 1. The number of ether oxygens (including phenoxy) is 3. The van der Waals surface area contributed by atoms with Crippen molar-refractivity contribution < 1.29 is 19.0 Å². The minimum Gasteiger partial charge on any atom is -0.497 e. The van der Waals surface area contributed by atoms with Crippen molar-refractivity contribution in [2.45, 2.75) is 25.4 Å². The van der Waals surface area contributed by atoms with Crippen LogP contribution in [-0.4, -0.2) is 49.2 Å². The molecule has 152 valence electrons. The van der Waals surface area contributed by atoms with Gasteiger partial charge in [0, 0.05) is 25.9 Å². The van der Waals surface area contributed by atoms with Crippen molar-refractivity contribution in [2.75, 3.05) is 27.3 Å². The van der Waals surface area contributed by atoms with Gasteiger partial charge in [-0.15, -0.1) is 0 Å². The van der Waals surface area contributed by atoms with E-state index in [1.807, 2.05) is 47.4 Å². The van der Waals surface area contributed by atoms with Crippen molar-refractivity contribution in [1.82, 2.24) is 9.88 Å². The standard InChI is InChI=1S/C22H24N2O4S/c1-26-17-5-3-4-15(12-17)13-21(25)24-10-8-16(9-11-24)28-22-23-19-7-6-18(27-2)14-20(19)29-22/h3-7,12,14,16H,8-11,13H2,1-2H3. The summed E-state index contributed by atoms with van der Waals surface area (Å²) in [4.78, 5) is 19.1. The summed E-state index contributed by atoms with van der Waals surface area (Å²) in [6.07, 6.45) is 2.09. The van der Waals surface area contributed by atoms with Gasteiger partial charge in [0.2, 0.25) is 5.91 Å². The highest BCUT2D eigenvalue weighted by Crippen LogP contribution is 2.32. The predicted octanol–water partition coefficient (Wildman–Crippen LogP) is 3.93. The van der Waals surface area contributed by atoms with E-state index in [1.165, 1.54) is 11.3 Å². The molecule has 1 aromatic heterocycles. The number of hydrogen-bond donors (Lipinski definition) is 0. The summed E-state index contributed by atoms with van der Waals surface area (Å²) in [6.45, 7) is 1.40. The topological polar surface area (TPSA) is 60.9 Å². The molecule has 4 rings (SSSR count). The first-order valence-corrected chi connectivity index (χ1v) is 10.5. The van der Waals surface area contributed by atoms with E-state index in [2.05, 4.69) is 4.98 Å². The van der Waals surface area contributed by atoms with Gasteiger partial charge in [-0.3, -0.25) is 4.79 Å². The third kappa shape index (κ3) is 4.62. The monoisotopic (exact) mass is 412 g/mol. The molecule has 1 aliphatic heterocycles. The minimum absolute atomic E-state index is 0.0818. The van der Waals surface area contributed by atoms with Gasteiger partial charge in [0.1, 0.15) is 17.6 Å². The number of rotatable bonds is 6.